The van der Waals surface area contributed by atoms with Crippen LogP contribution in [0.4, 0.5) is 10.2 Å². The molecule has 0 radical (unpaired) electrons. The van der Waals surface area contributed by atoms with Crippen molar-refractivity contribution in [1.82, 2.24) is 4.98 Å². The van der Waals surface area contributed by atoms with Gasteiger partial charge in [0.2, 0.25) is 0 Å². The molecule has 1 unspecified atom stereocenters. The summed E-state index contributed by atoms with van der Waals surface area (Å²) in [5, 5.41) is 3.69. The molecular weight excluding hydrogens is 239 g/mol. The number of aromatic nitrogens is 1. The molecule has 2 nitrogen and oxygen atoms in total. The summed E-state index contributed by atoms with van der Waals surface area (Å²) < 4.78 is 13.5. The lowest BCUT2D eigenvalue weighted by Gasteiger charge is -2.15. The Labute approximate surface area is 104 Å². The first-order valence-electron chi connectivity index (χ1n) is 5.29. The minimum atomic E-state index is -0.221. The Hall–Kier alpha value is -1.61. The van der Waals surface area contributed by atoms with Crippen molar-refractivity contribution in [2.24, 2.45) is 0 Å². The SMILES string of the molecule is CC(Nc1ccc(Cl)cn1)c1ccccc1F. The van der Waals surface area contributed by atoms with Gasteiger partial charge in [-0.1, -0.05) is 29.8 Å². The van der Waals surface area contributed by atoms with E-state index in [1.165, 1.54) is 6.07 Å². The van der Waals surface area contributed by atoms with E-state index < -0.39 is 0 Å². The molecule has 0 saturated heterocycles. The molecule has 1 aromatic heterocycles. The van der Waals surface area contributed by atoms with Crippen molar-refractivity contribution in [3.63, 3.8) is 0 Å². The van der Waals surface area contributed by atoms with Crippen LogP contribution in [0.1, 0.15) is 18.5 Å². The highest BCUT2D eigenvalue weighted by Crippen LogP contribution is 2.20. The van der Waals surface area contributed by atoms with Crippen LogP contribution in [0, 0.1) is 5.82 Å². The second-order valence-electron chi connectivity index (χ2n) is 3.75. The summed E-state index contributed by atoms with van der Waals surface area (Å²) in [7, 11) is 0. The van der Waals surface area contributed by atoms with E-state index in [0.29, 0.717) is 16.4 Å². The normalized spacial score (nSPS) is 12.2. The number of rotatable bonds is 3. The molecule has 1 atom stereocenters. The minimum Gasteiger partial charge on any atom is -0.363 e. The highest BCUT2D eigenvalue weighted by molar-refractivity contribution is 6.30. The van der Waals surface area contributed by atoms with Crippen molar-refractivity contribution in [3.8, 4) is 0 Å². The van der Waals surface area contributed by atoms with E-state index in [0.717, 1.165) is 0 Å². The minimum absolute atomic E-state index is 0.148. The first-order valence-corrected chi connectivity index (χ1v) is 5.67. The predicted octanol–water partition coefficient (Wildman–Crippen LogP) is 4.05. The molecule has 0 spiro atoms. The lowest BCUT2D eigenvalue weighted by Crippen LogP contribution is -2.09. The summed E-state index contributed by atoms with van der Waals surface area (Å²) in [6.45, 7) is 1.88. The van der Waals surface area contributed by atoms with Crippen molar-refractivity contribution in [1.29, 1.82) is 0 Å². The maximum Gasteiger partial charge on any atom is 0.128 e. The Kier molecular flexibility index (Phi) is 3.59. The summed E-state index contributed by atoms with van der Waals surface area (Å²) in [4.78, 5) is 4.11. The van der Waals surface area contributed by atoms with E-state index in [9.17, 15) is 4.39 Å². The maximum atomic E-state index is 13.5. The molecule has 0 amide bonds. The molecule has 0 aliphatic heterocycles. The zero-order chi connectivity index (χ0) is 12.3. The lowest BCUT2D eigenvalue weighted by atomic mass is 10.1. The van der Waals surface area contributed by atoms with Gasteiger partial charge in [0.05, 0.1) is 11.1 Å². The van der Waals surface area contributed by atoms with Gasteiger partial charge in [0.15, 0.2) is 0 Å². The Balaban J connectivity index is 2.14. The Morgan fingerprint density at radius 2 is 2.00 bits per heavy atom. The van der Waals surface area contributed by atoms with Gasteiger partial charge < -0.3 is 5.32 Å². The van der Waals surface area contributed by atoms with Crippen LogP contribution in [0.15, 0.2) is 42.6 Å². The van der Waals surface area contributed by atoms with Crippen molar-refractivity contribution in [3.05, 3.63) is 59.0 Å². The fourth-order valence-corrected chi connectivity index (χ4v) is 1.70. The van der Waals surface area contributed by atoms with E-state index in [4.69, 9.17) is 11.6 Å². The highest BCUT2D eigenvalue weighted by Gasteiger charge is 2.10. The van der Waals surface area contributed by atoms with Crippen LogP contribution in [0.3, 0.4) is 0 Å². The third-order valence-corrected chi connectivity index (χ3v) is 2.69. The van der Waals surface area contributed by atoms with Crippen molar-refractivity contribution in [2.45, 2.75) is 13.0 Å². The van der Waals surface area contributed by atoms with Gasteiger partial charge in [-0.25, -0.2) is 9.37 Å². The first-order chi connectivity index (χ1) is 8.16. The van der Waals surface area contributed by atoms with Crippen LogP contribution in [-0.2, 0) is 0 Å². The number of hydrogen-bond acceptors (Lipinski definition) is 2. The molecule has 4 heteroatoms. The van der Waals surface area contributed by atoms with Gasteiger partial charge in [-0.2, -0.15) is 0 Å². The molecule has 1 heterocycles. The summed E-state index contributed by atoms with van der Waals surface area (Å²) in [6, 6.07) is 10.0. The third-order valence-electron chi connectivity index (χ3n) is 2.46. The van der Waals surface area contributed by atoms with Gasteiger partial charge in [-0.3, -0.25) is 0 Å². The fourth-order valence-electron chi connectivity index (χ4n) is 1.59. The van der Waals surface area contributed by atoms with E-state index in [2.05, 4.69) is 10.3 Å². The average Bonchev–Trinajstić information content (AvgIpc) is 2.32. The molecule has 0 aliphatic carbocycles. The van der Waals surface area contributed by atoms with E-state index in [1.54, 1.807) is 30.5 Å². The van der Waals surface area contributed by atoms with Gasteiger partial charge in [0, 0.05) is 11.8 Å². The second kappa shape index (κ2) is 5.15. The van der Waals surface area contributed by atoms with Gasteiger partial charge in [-0.05, 0) is 25.1 Å². The smallest absolute Gasteiger partial charge is 0.128 e. The lowest BCUT2D eigenvalue weighted by molar-refractivity contribution is 0.600. The summed E-state index contributed by atoms with van der Waals surface area (Å²) >= 11 is 5.74. The zero-order valence-corrected chi connectivity index (χ0v) is 10.1. The molecule has 88 valence electrons. The molecule has 1 N–H and O–H groups in total. The maximum absolute atomic E-state index is 13.5. The number of halogens is 2. The number of pyridine rings is 1. The molecule has 17 heavy (non-hydrogen) atoms. The van der Waals surface area contributed by atoms with E-state index in [-0.39, 0.29) is 11.9 Å². The Morgan fingerprint density at radius 1 is 1.24 bits per heavy atom. The molecule has 2 rings (SSSR count). The highest BCUT2D eigenvalue weighted by atomic mass is 35.5. The van der Waals surface area contributed by atoms with Crippen LogP contribution in [0.2, 0.25) is 5.02 Å². The summed E-state index contributed by atoms with van der Waals surface area (Å²) in [6.07, 6.45) is 1.55. The predicted molar refractivity (Wildman–Crippen MR) is 67.7 cm³/mol. The average molecular weight is 251 g/mol. The second-order valence-corrected chi connectivity index (χ2v) is 4.19. The standard InChI is InChI=1S/C13H12ClFN2/c1-9(11-4-2-3-5-12(11)15)17-13-7-6-10(14)8-16-13/h2-9H,1H3,(H,16,17). The number of nitrogens with zero attached hydrogens (tertiary/aromatic N) is 1. The fraction of sp³-hybridized carbons (Fsp3) is 0.154. The molecule has 1 aromatic carbocycles. The summed E-state index contributed by atoms with van der Waals surface area (Å²) in [5.41, 5.74) is 0.615. The van der Waals surface area contributed by atoms with Crippen molar-refractivity contribution >= 4 is 17.4 Å². The number of anilines is 1. The van der Waals surface area contributed by atoms with Crippen molar-refractivity contribution in [2.75, 3.05) is 5.32 Å². The molecule has 0 fully saturated rings. The molecule has 0 saturated carbocycles. The number of hydrogen-bond donors (Lipinski definition) is 1. The number of benzene rings is 1. The van der Waals surface area contributed by atoms with Crippen LogP contribution in [0.5, 0.6) is 0 Å². The van der Waals surface area contributed by atoms with Gasteiger partial charge >= 0.3 is 0 Å². The summed E-state index contributed by atoms with van der Waals surface area (Å²) in [5.74, 6) is 0.451. The molecular formula is C13H12ClFN2. The topological polar surface area (TPSA) is 24.9 Å². The van der Waals surface area contributed by atoms with Crippen LogP contribution >= 0.6 is 11.6 Å². The largest absolute Gasteiger partial charge is 0.363 e. The van der Waals surface area contributed by atoms with Gasteiger partial charge in [-0.15, -0.1) is 0 Å². The van der Waals surface area contributed by atoms with Crippen molar-refractivity contribution < 1.29 is 4.39 Å². The first kappa shape index (κ1) is 11.9. The number of nitrogens with one attached hydrogen (secondary N) is 1. The van der Waals surface area contributed by atoms with Gasteiger partial charge in [0.25, 0.3) is 0 Å². The van der Waals surface area contributed by atoms with Crippen LogP contribution in [-0.4, -0.2) is 4.98 Å². The van der Waals surface area contributed by atoms with Gasteiger partial charge in [0.1, 0.15) is 11.6 Å². The van der Waals surface area contributed by atoms with E-state index >= 15 is 0 Å². The van der Waals surface area contributed by atoms with Crippen LogP contribution in [0.25, 0.3) is 0 Å². The van der Waals surface area contributed by atoms with Crippen LogP contribution < -0.4 is 5.32 Å². The Morgan fingerprint density at radius 3 is 2.65 bits per heavy atom. The zero-order valence-electron chi connectivity index (χ0n) is 9.32. The molecule has 0 aliphatic rings. The monoisotopic (exact) mass is 250 g/mol. The molecule has 0 bridgehead atoms. The third kappa shape index (κ3) is 2.94. The van der Waals surface area contributed by atoms with E-state index in [1.807, 2.05) is 13.0 Å². The molecule has 2 aromatic rings. The quantitative estimate of drug-likeness (QED) is 0.889. The Bertz CT molecular complexity index is 499.